The number of rotatable bonds is 2. The SMILES string of the molecule is CC1=NC(C(=O)O)C(c2ccccc2C)O1. The van der Waals surface area contributed by atoms with Gasteiger partial charge in [0, 0.05) is 6.92 Å². The summed E-state index contributed by atoms with van der Waals surface area (Å²) < 4.78 is 5.47. The molecule has 1 aliphatic rings. The van der Waals surface area contributed by atoms with Crippen molar-refractivity contribution in [3.8, 4) is 0 Å². The van der Waals surface area contributed by atoms with Gasteiger partial charge in [-0.1, -0.05) is 24.3 Å². The van der Waals surface area contributed by atoms with Crippen molar-refractivity contribution in [1.29, 1.82) is 0 Å². The molecule has 0 amide bonds. The molecule has 1 N–H and O–H groups in total. The van der Waals surface area contributed by atoms with Crippen molar-refractivity contribution in [2.24, 2.45) is 4.99 Å². The van der Waals surface area contributed by atoms with Gasteiger partial charge in [-0.05, 0) is 18.1 Å². The fourth-order valence-electron chi connectivity index (χ4n) is 1.87. The van der Waals surface area contributed by atoms with Crippen LogP contribution in [0.2, 0.25) is 0 Å². The molecule has 0 fully saturated rings. The van der Waals surface area contributed by atoms with Crippen molar-refractivity contribution < 1.29 is 14.6 Å². The highest BCUT2D eigenvalue weighted by Gasteiger charge is 2.36. The van der Waals surface area contributed by atoms with Gasteiger partial charge in [-0.15, -0.1) is 0 Å². The maximum Gasteiger partial charge on any atom is 0.332 e. The number of nitrogens with zero attached hydrogens (tertiary/aromatic N) is 1. The fourth-order valence-corrected chi connectivity index (χ4v) is 1.87. The highest BCUT2D eigenvalue weighted by Crippen LogP contribution is 2.31. The van der Waals surface area contributed by atoms with Gasteiger partial charge in [-0.3, -0.25) is 0 Å². The number of aliphatic carboxylic acids is 1. The van der Waals surface area contributed by atoms with Crippen LogP contribution in [0.25, 0.3) is 0 Å². The molecule has 0 radical (unpaired) electrons. The molecule has 1 heterocycles. The molecular weight excluding hydrogens is 206 g/mol. The summed E-state index contributed by atoms with van der Waals surface area (Å²) in [4.78, 5) is 15.0. The van der Waals surface area contributed by atoms with Crippen molar-refractivity contribution in [2.45, 2.75) is 26.0 Å². The molecule has 2 atom stereocenters. The van der Waals surface area contributed by atoms with E-state index in [-0.39, 0.29) is 0 Å². The number of ether oxygens (including phenoxy) is 1. The third-order valence-corrected chi connectivity index (χ3v) is 2.65. The second-order valence-electron chi connectivity index (χ2n) is 3.83. The Morgan fingerprint density at radius 2 is 2.06 bits per heavy atom. The van der Waals surface area contributed by atoms with Crippen molar-refractivity contribution in [3.05, 3.63) is 35.4 Å². The number of carboxylic acid groups (broad SMARTS) is 1. The molecule has 2 unspecified atom stereocenters. The molecule has 0 saturated carbocycles. The fraction of sp³-hybridized carbons (Fsp3) is 0.333. The largest absolute Gasteiger partial charge is 0.480 e. The zero-order valence-electron chi connectivity index (χ0n) is 9.18. The second kappa shape index (κ2) is 3.96. The molecule has 0 aliphatic carbocycles. The standard InChI is InChI=1S/C12H13NO3/c1-7-5-3-4-6-9(7)11-10(12(14)15)13-8(2)16-11/h3-6,10-11H,1-2H3,(H,14,15). The molecule has 0 saturated heterocycles. The molecule has 0 spiro atoms. The maximum atomic E-state index is 11.1. The lowest BCUT2D eigenvalue weighted by Gasteiger charge is -2.16. The van der Waals surface area contributed by atoms with E-state index in [2.05, 4.69) is 4.99 Å². The first-order valence-corrected chi connectivity index (χ1v) is 5.09. The Bertz CT molecular complexity index is 453. The van der Waals surface area contributed by atoms with Crippen LogP contribution < -0.4 is 0 Å². The molecule has 1 aromatic carbocycles. The van der Waals surface area contributed by atoms with Crippen LogP contribution in [0, 0.1) is 6.92 Å². The summed E-state index contributed by atoms with van der Waals surface area (Å²) in [5.74, 6) is -0.522. The lowest BCUT2D eigenvalue weighted by atomic mass is 9.98. The Morgan fingerprint density at radius 3 is 2.69 bits per heavy atom. The zero-order chi connectivity index (χ0) is 11.7. The zero-order valence-corrected chi connectivity index (χ0v) is 9.18. The summed E-state index contributed by atoms with van der Waals surface area (Å²) >= 11 is 0. The van der Waals surface area contributed by atoms with Crippen LogP contribution in [0.1, 0.15) is 24.2 Å². The van der Waals surface area contributed by atoms with E-state index in [1.807, 2.05) is 31.2 Å². The van der Waals surface area contributed by atoms with Crippen molar-refractivity contribution in [2.75, 3.05) is 0 Å². The van der Waals surface area contributed by atoms with E-state index in [1.165, 1.54) is 0 Å². The molecule has 84 valence electrons. The topological polar surface area (TPSA) is 58.9 Å². The quantitative estimate of drug-likeness (QED) is 0.826. The van der Waals surface area contributed by atoms with Gasteiger partial charge in [0.05, 0.1) is 0 Å². The number of hydrogen-bond donors (Lipinski definition) is 1. The van der Waals surface area contributed by atoms with Crippen LogP contribution >= 0.6 is 0 Å². The molecule has 1 aliphatic heterocycles. The minimum atomic E-state index is -0.954. The van der Waals surface area contributed by atoms with Crippen molar-refractivity contribution in [3.63, 3.8) is 0 Å². The monoisotopic (exact) mass is 219 g/mol. The normalized spacial score (nSPS) is 23.8. The van der Waals surface area contributed by atoms with Gasteiger partial charge in [-0.2, -0.15) is 0 Å². The van der Waals surface area contributed by atoms with Crippen LogP contribution in [0.5, 0.6) is 0 Å². The van der Waals surface area contributed by atoms with Gasteiger partial charge in [0.1, 0.15) is 0 Å². The van der Waals surface area contributed by atoms with Crippen LogP contribution in [-0.2, 0) is 9.53 Å². The van der Waals surface area contributed by atoms with E-state index in [1.54, 1.807) is 6.92 Å². The van der Waals surface area contributed by atoms with E-state index in [4.69, 9.17) is 9.84 Å². The lowest BCUT2D eigenvalue weighted by Crippen LogP contribution is -2.24. The molecule has 16 heavy (non-hydrogen) atoms. The minimum Gasteiger partial charge on any atom is -0.480 e. The number of aryl methyl sites for hydroxylation is 1. The van der Waals surface area contributed by atoms with E-state index < -0.39 is 18.1 Å². The molecule has 0 aromatic heterocycles. The highest BCUT2D eigenvalue weighted by molar-refractivity contribution is 5.84. The van der Waals surface area contributed by atoms with Gasteiger partial charge in [0.15, 0.2) is 18.0 Å². The molecule has 0 bridgehead atoms. The molecule has 2 rings (SSSR count). The summed E-state index contributed by atoms with van der Waals surface area (Å²) in [6.07, 6.45) is -0.501. The van der Waals surface area contributed by atoms with Crippen LogP contribution in [0.15, 0.2) is 29.3 Å². The van der Waals surface area contributed by atoms with Crippen molar-refractivity contribution >= 4 is 11.9 Å². The minimum absolute atomic E-state index is 0.431. The molecular formula is C12H13NO3. The van der Waals surface area contributed by atoms with Crippen LogP contribution in [0.4, 0.5) is 0 Å². The first-order valence-electron chi connectivity index (χ1n) is 5.09. The Kier molecular flexibility index (Phi) is 2.64. The summed E-state index contributed by atoms with van der Waals surface area (Å²) in [7, 11) is 0. The molecule has 4 heteroatoms. The van der Waals surface area contributed by atoms with E-state index in [0.717, 1.165) is 11.1 Å². The Balaban J connectivity index is 2.36. The maximum absolute atomic E-state index is 11.1. The summed E-state index contributed by atoms with van der Waals surface area (Å²) in [6.45, 7) is 3.61. The van der Waals surface area contributed by atoms with Gasteiger partial charge in [0.2, 0.25) is 0 Å². The predicted molar refractivity (Wildman–Crippen MR) is 59.5 cm³/mol. The number of carbonyl (C=O) groups is 1. The van der Waals surface area contributed by atoms with E-state index in [9.17, 15) is 4.79 Å². The second-order valence-corrected chi connectivity index (χ2v) is 3.83. The molecule has 1 aromatic rings. The van der Waals surface area contributed by atoms with E-state index in [0.29, 0.717) is 5.90 Å². The Morgan fingerprint density at radius 1 is 1.38 bits per heavy atom. The number of benzene rings is 1. The van der Waals surface area contributed by atoms with E-state index >= 15 is 0 Å². The number of aliphatic imine (C=N–C) groups is 1. The third kappa shape index (κ3) is 1.78. The van der Waals surface area contributed by atoms with Crippen molar-refractivity contribution in [1.82, 2.24) is 0 Å². The first kappa shape index (κ1) is 10.7. The summed E-state index contributed by atoms with van der Waals surface area (Å²) in [5.41, 5.74) is 1.90. The summed E-state index contributed by atoms with van der Waals surface area (Å²) in [5, 5.41) is 9.07. The van der Waals surface area contributed by atoms with Crippen LogP contribution in [0.3, 0.4) is 0 Å². The highest BCUT2D eigenvalue weighted by atomic mass is 16.5. The average Bonchev–Trinajstić information content (AvgIpc) is 2.61. The van der Waals surface area contributed by atoms with Gasteiger partial charge in [-0.25, -0.2) is 9.79 Å². The smallest absolute Gasteiger partial charge is 0.332 e. The Hall–Kier alpha value is -1.84. The van der Waals surface area contributed by atoms with Crippen LogP contribution in [-0.4, -0.2) is 23.0 Å². The van der Waals surface area contributed by atoms with Gasteiger partial charge in [0.25, 0.3) is 0 Å². The molecule has 4 nitrogen and oxygen atoms in total. The Labute approximate surface area is 93.6 Å². The summed E-state index contributed by atoms with van der Waals surface area (Å²) in [6, 6.07) is 6.77. The number of carboxylic acids is 1. The average molecular weight is 219 g/mol. The van der Waals surface area contributed by atoms with Gasteiger partial charge >= 0.3 is 5.97 Å². The lowest BCUT2D eigenvalue weighted by molar-refractivity contribution is -0.140. The number of hydrogen-bond acceptors (Lipinski definition) is 3. The third-order valence-electron chi connectivity index (χ3n) is 2.65. The van der Waals surface area contributed by atoms with Gasteiger partial charge < -0.3 is 9.84 Å². The predicted octanol–water partition coefficient (Wildman–Crippen LogP) is 1.94. The first-order chi connectivity index (χ1) is 7.59.